The van der Waals surface area contributed by atoms with Crippen LogP contribution in [0.2, 0.25) is 0 Å². The van der Waals surface area contributed by atoms with Crippen molar-refractivity contribution in [3.8, 4) is 0 Å². The van der Waals surface area contributed by atoms with Gasteiger partial charge in [-0.1, -0.05) is 0 Å². The Labute approximate surface area is 127 Å². The van der Waals surface area contributed by atoms with E-state index in [1.165, 1.54) is 0 Å². The first-order chi connectivity index (χ1) is 9.45. The Kier molecular flexibility index (Phi) is 4.55. The van der Waals surface area contributed by atoms with Crippen molar-refractivity contribution in [1.29, 1.82) is 0 Å². The van der Waals surface area contributed by atoms with E-state index in [1.54, 1.807) is 0 Å². The molecule has 1 unspecified atom stereocenters. The molecule has 0 saturated heterocycles. The molecule has 1 atom stereocenters. The van der Waals surface area contributed by atoms with Crippen molar-refractivity contribution in [3.63, 3.8) is 0 Å². The Hall–Kier alpha value is -1.27. The lowest BCUT2D eigenvalue weighted by Crippen LogP contribution is -2.24. The molecule has 2 aromatic heterocycles. The first-order valence-corrected chi connectivity index (χ1v) is 7.46. The summed E-state index contributed by atoms with van der Waals surface area (Å²) < 4.78 is 3.03. The van der Waals surface area contributed by atoms with Gasteiger partial charge in [0.15, 0.2) is 0 Å². The second-order valence-electron chi connectivity index (χ2n) is 5.16. The molecule has 2 aromatic rings. The molecule has 1 N–H and O–H groups in total. The van der Waals surface area contributed by atoms with Gasteiger partial charge in [0, 0.05) is 11.6 Å². The third-order valence-electron chi connectivity index (χ3n) is 3.29. The summed E-state index contributed by atoms with van der Waals surface area (Å²) >= 11 is 3.61. The predicted octanol–water partition coefficient (Wildman–Crippen LogP) is 2.94. The molecule has 0 aliphatic carbocycles. The summed E-state index contributed by atoms with van der Waals surface area (Å²) in [5, 5.41) is 16.2. The Morgan fingerprint density at radius 1 is 1.25 bits per heavy atom. The molecule has 20 heavy (non-hydrogen) atoms. The van der Waals surface area contributed by atoms with Crippen molar-refractivity contribution in [3.05, 3.63) is 39.4 Å². The maximum atomic E-state index is 4.46. The van der Waals surface area contributed by atoms with Gasteiger partial charge in [0.1, 0.15) is 0 Å². The molecule has 6 heteroatoms. The van der Waals surface area contributed by atoms with E-state index in [-0.39, 0.29) is 6.04 Å². The van der Waals surface area contributed by atoms with Gasteiger partial charge in [-0.2, -0.15) is 15.3 Å². The molecule has 0 bridgehead atoms. The number of aryl methyl sites for hydroxylation is 2. The number of rotatable bonds is 4. The van der Waals surface area contributed by atoms with Crippen LogP contribution in [0.25, 0.3) is 0 Å². The number of aromatic nitrogens is 4. The quantitative estimate of drug-likeness (QED) is 0.931. The molecule has 0 fully saturated rings. The zero-order valence-electron chi connectivity index (χ0n) is 12.5. The van der Waals surface area contributed by atoms with Gasteiger partial charge in [-0.3, -0.25) is 4.68 Å². The lowest BCUT2D eigenvalue weighted by atomic mass is 10.0. The first-order valence-electron chi connectivity index (χ1n) is 6.66. The maximum absolute atomic E-state index is 4.46. The smallest absolute Gasteiger partial charge is 0.0776 e. The van der Waals surface area contributed by atoms with E-state index in [9.17, 15) is 0 Å². The van der Waals surface area contributed by atoms with E-state index in [1.807, 2.05) is 31.8 Å². The highest BCUT2D eigenvalue weighted by Gasteiger charge is 2.23. The fourth-order valence-electron chi connectivity index (χ4n) is 2.33. The summed E-state index contributed by atoms with van der Waals surface area (Å²) in [4.78, 5) is 0. The fourth-order valence-corrected chi connectivity index (χ4v) is 2.84. The van der Waals surface area contributed by atoms with Crippen LogP contribution in [0.4, 0.5) is 0 Å². The van der Waals surface area contributed by atoms with Crippen molar-refractivity contribution < 1.29 is 0 Å². The molecule has 0 aliphatic rings. The molecule has 0 amide bonds. The SMILES string of the molecule is CNC(c1cc(C)nnc1C)c1c(Br)cnn1C(C)C. The number of nitrogens with one attached hydrogen (secondary N) is 1. The maximum Gasteiger partial charge on any atom is 0.0776 e. The van der Waals surface area contributed by atoms with Gasteiger partial charge in [0.05, 0.1) is 33.8 Å². The lowest BCUT2D eigenvalue weighted by molar-refractivity contribution is 0.481. The largest absolute Gasteiger partial charge is 0.308 e. The summed E-state index contributed by atoms with van der Waals surface area (Å²) in [5.41, 5.74) is 4.08. The Morgan fingerprint density at radius 2 is 1.95 bits per heavy atom. The Bertz CT molecular complexity index is 606. The second-order valence-corrected chi connectivity index (χ2v) is 6.02. The monoisotopic (exact) mass is 337 g/mol. The zero-order chi connectivity index (χ0) is 14.9. The average molecular weight is 338 g/mol. The minimum atomic E-state index is 0.0310. The normalized spacial score (nSPS) is 12.9. The molecule has 0 aliphatic heterocycles. The van der Waals surface area contributed by atoms with E-state index < -0.39 is 0 Å². The number of hydrogen-bond donors (Lipinski definition) is 1. The van der Waals surface area contributed by atoms with E-state index in [0.717, 1.165) is 27.1 Å². The second kappa shape index (κ2) is 6.01. The van der Waals surface area contributed by atoms with Gasteiger partial charge in [-0.15, -0.1) is 0 Å². The number of nitrogens with zero attached hydrogens (tertiary/aromatic N) is 4. The van der Waals surface area contributed by atoms with Crippen LogP contribution in [0.3, 0.4) is 0 Å². The molecule has 2 rings (SSSR count). The highest BCUT2D eigenvalue weighted by Crippen LogP contribution is 2.31. The van der Waals surface area contributed by atoms with E-state index in [0.29, 0.717) is 6.04 Å². The van der Waals surface area contributed by atoms with E-state index >= 15 is 0 Å². The van der Waals surface area contributed by atoms with Gasteiger partial charge >= 0.3 is 0 Å². The van der Waals surface area contributed by atoms with Gasteiger partial charge in [0.2, 0.25) is 0 Å². The van der Waals surface area contributed by atoms with Crippen LogP contribution in [-0.2, 0) is 0 Å². The topological polar surface area (TPSA) is 55.6 Å². The van der Waals surface area contributed by atoms with Crippen LogP contribution < -0.4 is 5.32 Å². The van der Waals surface area contributed by atoms with Crippen molar-refractivity contribution in [1.82, 2.24) is 25.3 Å². The molecular formula is C14H20BrN5. The Morgan fingerprint density at radius 3 is 2.55 bits per heavy atom. The van der Waals surface area contributed by atoms with Gasteiger partial charge < -0.3 is 5.32 Å². The summed E-state index contributed by atoms with van der Waals surface area (Å²) in [5.74, 6) is 0. The minimum absolute atomic E-state index is 0.0310. The predicted molar refractivity (Wildman–Crippen MR) is 82.7 cm³/mol. The van der Waals surface area contributed by atoms with Crippen LogP contribution in [0, 0.1) is 13.8 Å². The van der Waals surface area contributed by atoms with Gasteiger partial charge in [0.25, 0.3) is 0 Å². The summed E-state index contributed by atoms with van der Waals surface area (Å²) in [6.07, 6.45) is 1.84. The highest BCUT2D eigenvalue weighted by atomic mass is 79.9. The third-order valence-corrected chi connectivity index (χ3v) is 3.90. The van der Waals surface area contributed by atoms with E-state index in [4.69, 9.17) is 0 Å². The van der Waals surface area contributed by atoms with Crippen LogP contribution in [-0.4, -0.2) is 27.0 Å². The molecule has 0 aromatic carbocycles. The molecule has 0 spiro atoms. The van der Waals surface area contributed by atoms with Crippen LogP contribution in [0.1, 0.15) is 48.6 Å². The van der Waals surface area contributed by atoms with Crippen LogP contribution in [0.5, 0.6) is 0 Å². The lowest BCUT2D eigenvalue weighted by Gasteiger charge is -2.22. The van der Waals surface area contributed by atoms with Gasteiger partial charge in [-0.25, -0.2) is 0 Å². The highest BCUT2D eigenvalue weighted by molar-refractivity contribution is 9.10. The average Bonchev–Trinajstić information content (AvgIpc) is 2.77. The first kappa shape index (κ1) is 15.1. The van der Waals surface area contributed by atoms with Crippen molar-refractivity contribution in [2.75, 3.05) is 7.05 Å². The third kappa shape index (κ3) is 2.76. The molecular weight excluding hydrogens is 318 g/mol. The standard InChI is InChI=1S/C14H20BrN5/c1-8(2)20-14(12(15)7-17-20)13(16-5)11-6-9(3)18-19-10(11)4/h6-8,13,16H,1-5H3. The molecule has 0 saturated carbocycles. The van der Waals surface area contributed by atoms with Crippen LogP contribution in [0.15, 0.2) is 16.7 Å². The summed E-state index contributed by atoms with van der Waals surface area (Å²) in [6, 6.07) is 2.40. The molecule has 0 radical (unpaired) electrons. The van der Waals surface area contributed by atoms with Crippen molar-refractivity contribution in [2.45, 2.75) is 39.8 Å². The van der Waals surface area contributed by atoms with Gasteiger partial charge in [-0.05, 0) is 56.7 Å². The van der Waals surface area contributed by atoms with Crippen molar-refractivity contribution >= 4 is 15.9 Å². The fraction of sp³-hybridized carbons (Fsp3) is 0.500. The summed E-state index contributed by atoms with van der Waals surface area (Å²) in [6.45, 7) is 8.19. The molecule has 108 valence electrons. The molecule has 5 nitrogen and oxygen atoms in total. The molecule has 2 heterocycles. The zero-order valence-corrected chi connectivity index (χ0v) is 14.1. The van der Waals surface area contributed by atoms with Crippen molar-refractivity contribution in [2.24, 2.45) is 0 Å². The van der Waals surface area contributed by atoms with Crippen LogP contribution >= 0.6 is 15.9 Å². The summed E-state index contributed by atoms with van der Waals surface area (Å²) in [7, 11) is 1.95. The number of hydrogen-bond acceptors (Lipinski definition) is 4. The minimum Gasteiger partial charge on any atom is -0.308 e. The van der Waals surface area contributed by atoms with E-state index in [2.05, 4.69) is 56.5 Å². The number of halogens is 1. The Balaban J connectivity index is 2.58.